The molecule has 1 rings (SSSR count). The van der Waals surface area contributed by atoms with Crippen molar-refractivity contribution in [2.75, 3.05) is 0 Å². The van der Waals surface area contributed by atoms with Crippen molar-refractivity contribution in [3.63, 3.8) is 0 Å². The minimum atomic E-state index is -1.00. The summed E-state index contributed by atoms with van der Waals surface area (Å²) in [6.45, 7) is 0. The molecule has 1 aromatic carbocycles. The zero-order valence-corrected chi connectivity index (χ0v) is 5.62. The van der Waals surface area contributed by atoms with Gasteiger partial charge >= 0.3 is 13.5 Å². The number of halogens is 1. The van der Waals surface area contributed by atoms with Gasteiger partial charge in [0.05, 0.1) is 5.56 Å². The second-order valence-corrected chi connectivity index (χ2v) is 2.04. The molecule has 0 aliphatic heterocycles. The second-order valence-electron chi connectivity index (χ2n) is 2.04. The standard InChI is InChI=1S/C7H5BFO2/c9-8-6-3-1-5(2-4-6)7(10)11/h1-4H,(H,10,11). The van der Waals surface area contributed by atoms with Crippen molar-refractivity contribution in [2.45, 2.75) is 0 Å². The van der Waals surface area contributed by atoms with Crippen molar-refractivity contribution in [1.29, 1.82) is 0 Å². The van der Waals surface area contributed by atoms with Gasteiger partial charge in [0.2, 0.25) is 0 Å². The van der Waals surface area contributed by atoms with E-state index in [1.54, 1.807) is 0 Å². The monoisotopic (exact) mass is 151 g/mol. The van der Waals surface area contributed by atoms with Crippen molar-refractivity contribution in [1.82, 2.24) is 0 Å². The molecule has 0 bridgehead atoms. The highest BCUT2D eigenvalue weighted by Gasteiger charge is 2.01. The lowest BCUT2D eigenvalue weighted by Gasteiger charge is -1.93. The molecule has 1 aromatic rings. The minimum absolute atomic E-state index is 0.163. The van der Waals surface area contributed by atoms with Crippen LogP contribution in [0.15, 0.2) is 24.3 Å². The van der Waals surface area contributed by atoms with Crippen LogP contribution in [0.25, 0.3) is 0 Å². The number of carbonyl (C=O) groups is 1. The van der Waals surface area contributed by atoms with E-state index in [0.29, 0.717) is 13.0 Å². The Kier molecular flexibility index (Phi) is 2.26. The van der Waals surface area contributed by atoms with Crippen LogP contribution in [0.1, 0.15) is 10.4 Å². The van der Waals surface area contributed by atoms with E-state index in [1.165, 1.54) is 24.3 Å². The summed E-state index contributed by atoms with van der Waals surface area (Å²) >= 11 is 0. The largest absolute Gasteiger partial charge is 0.478 e. The molecule has 0 saturated heterocycles. The van der Waals surface area contributed by atoms with Gasteiger partial charge in [-0.15, -0.1) is 0 Å². The molecule has 0 unspecified atom stereocenters. The molecule has 0 aromatic heterocycles. The molecule has 1 N–H and O–H groups in total. The Bertz CT molecular complexity index is 258. The molecule has 0 spiro atoms. The Hall–Kier alpha value is -1.32. The lowest BCUT2D eigenvalue weighted by molar-refractivity contribution is 0.0697. The summed E-state index contributed by atoms with van der Waals surface area (Å²) in [6.07, 6.45) is 0. The number of aromatic carboxylic acids is 1. The van der Waals surface area contributed by atoms with Crippen LogP contribution in [0.5, 0.6) is 0 Å². The molecule has 0 fully saturated rings. The maximum Gasteiger partial charge on any atom is 0.391 e. The maximum atomic E-state index is 11.8. The topological polar surface area (TPSA) is 37.3 Å². The summed E-state index contributed by atoms with van der Waals surface area (Å²) in [5.41, 5.74) is 0.533. The predicted molar refractivity (Wildman–Crippen MR) is 39.9 cm³/mol. The van der Waals surface area contributed by atoms with E-state index in [-0.39, 0.29) is 5.56 Å². The van der Waals surface area contributed by atoms with Gasteiger partial charge in [0.15, 0.2) is 0 Å². The number of benzene rings is 1. The van der Waals surface area contributed by atoms with Gasteiger partial charge in [-0.25, -0.2) is 4.79 Å². The van der Waals surface area contributed by atoms with Gasteiger partial charge in [-0.05, 0) is 17.6 Å². The van der Waals surface area contributed by atoms with Crippen molar-refractivity contribution in [2.24, 2.45) is 0 Å². The minimum Gasteiger partial charge on any atom is -0.478 e. The van der Waals surface area contributed by atoms with Crippen LogP contribution in [0, 0.1) is 0 Å². The van der Waals surface area contributed by atoms with Gasteiger partial charge < -0.3 is 9.42 Å². The summed E-state index contributed by atoms with van der Waals surface area (Å²) in [7, 11) is 0.422. The van der Waals surface area contributed by atoms with Crippen molar-refractivity contribution in [3.8, 4) is 0 Å². The highest BCUT2D eigenvalue weighted by molar-refractivity contribution is 6.46. The first-order chi connectivity index (χ1) is 5.24. The van der Waals surface area contributed by atoms with E-state index in [9.17, 15) is 9.11 Å². The maximum absolute atomic E-state index is 11.8. The van der Waals surface area contributed by atoms with Gasteiger partial charge in [-0.3, -0.25) is 0 Å². The smallest absolute Gasteiger partial charge is 0.391 e. The molecule has 11 heavy (non-hydrogen) atoms. The zero-order valence-electron chi connectivity index (χ0n) is 5.62. The first-order valence-corrected chi connectivity index (χ1v) is 3.01. The van der Waals surface area contributed by atoms with Crippen molar-refractivity contribution in [3.05, 3.63) is 29.8 Å². The van der Waals surface area contributed by atoms with Crippen LogP contribution in [-0.4, -0.2) is 18.6 Å². The molecule has 0 atom stereocenters. The highest BCUT2D eigenvalue weighted by atomic mass is 19.1. The number of rotatable bonds is 2. The van der Waals surface area contributed by atoms with E-state index >= 15 is 0 Å². The molecule has 4 heteroatoms. The third-order valence-electron chi connectivity index (χ3n) is 1.28. The molecule has 0 aliphatic carbocycles. The van der Waals surface area contributed by atoms with Crippen LogP contribution < -0.4 is 5.46 Å². The Balaban J connectivity index is 2.91. The van der Waals surface area contributed by atoms with E-state index in [2.05, 4.69) is 0 Å². The number of carboxylic acid groups (broad SMARTS) is 1. The average Bonchev–Trinajstić information content (AvgIpc) is 2.05. The zero-order chi connectivity index (χ0) is 8.27. The van der Waals surface area contributed by atoms with Crippen LogP contribution in [0.3, 0.4) is 0 Å². The van der Waals surface area contributed by atoms with E-state index in [0.717, 1.165) is 0 Å². The van der Waals surface area contributed by atoms with Gasteiger partial charge in [-0.1, -0.05) is 12.1 Å². The summed E-state index contributed by atoms with van der Waals surface area (Å²) in [4.78, 5) is 10.3. The van der Waals surface area contributed by atoms with Crippen LogP contribution in [-0.2, 0) is 0 Å². The Morgan fingerprint density at radius 3 is 2.27 bits per heavy atom. The Morgan fingerprint density at radius 2 is 1.91 bits per heavy atom. The van der Waals surface area contributed by atoms with Crippen LogP contribution >= 0.6 is 0 Å². The van der Waals surface area contributed by atoms with Crippen LogP contribution in [0.4, 0.5) is 4.32 Å². The molecule has 0 aliphatic rings. The molecule has 0 amide bonds. The summed E-state index contributed by atoms with van der Waals surface area (Å²) in [5.74, 6) is -1.00. The van der Waals surface area contributed by atoms with Crippen LogP contribution in [0.2, 0.25) is 0 Å². The summed E-state index contributed by atoms with van der Waals surface area (Å²) in [6, 6.07) is 5.52. The quantitative estimate of drug-likeness (QED) is 0.628. The van der Waals surface area contributed by atoms with E-state index in [1.807, 2.05) is 0 Å². The molecule has 55 valence electrons. The van der Waals surface area contributed by atoms with Gasteiger partial charge in [0, 0.05) is 0 Å². The molecule has 1 radical (unpaired) electrons. The molecular weight excluding hydrogens is 146 g/mol. The lowest BCUT2D eigenvalue weighted by Crippen LogP contribution is -2.09. The average molecular weight is 151 g/mol. The predicted octanol–water partition coefficient (Wildman–Crippen LogP) is 0.599. The number of hydrogen-bond donors (Lipinski definition) is 1. The third kappa shape index (κ3) is 1.80. The fraction of sp³-hybridized carbons (Fsp3) is 0. The van der Waals surface area contributed by atoms with Crippen molar-refractivity contribution < 1.29 is 14.2 Å². The Morgan fingerprint density at radius 1 is 1.36 bits per heavy atom. The van der Waals surface area contributed by atoms with Gasteiger partial charge in [0.25, 0.3) is 0 Å². The highest BCUT2D eigenvalue weighted by Crippen LogP contribution is 1.95. The third-order valence-corrected chi connectivity index (χ3v) is 1.28. The fourth-order valence-electron chi connectivity index (χ4n) is 0.698. The van der Waals surface area contributed by atoms with E-state index in [4.69, 9.17) is 5.11 Å². The van der Waals surface area contributed by atoms with Crippen molar-refractivity contribution >= 4 is 19.0 Å². The first kappa shape index (κ1) is 7.79. The lowest BCUT2D eigenvalue weighted by atomic mass is 9.91. The fourth-order valence-corrected chi connectivity index (χ4v) is 0.698. The Labute approximate surface area is 64.0 Å². The second kappa shape index (κ2) is 3.19. The normalized spacial score (nSPS) is 9.18. The SMILES string of the molecule is O=C(O)c1ccc([B]F)cc1. The molecule has 2 nitrogen and oxygen atoms in total. The molecule has 0 heterocycles. The summed E-state index contributed by atoms with van der Waals surface area (Å²) < 4.78 is 11.8. The molecular formula is C7H5BFO2. The van der Waals surface area contributed by atoms with Gasteiger partial charge in [-0.2, -0.15) is 0 Å². The number of carboxylic acids is 1. The molecule has 0 saturated carbocycles. The first-order valence-electron chi connectivity index (χ1n) is 3.01. The van der Waals surface area contributed by atoms with E-state index < -0.39 is 5.97 Å². The number of hydrogen-bond acceptors (Lipinski definition) is 1. The summed E-state index contributed by atoms with van der Waals surface area (Å²) in [5, 5.41) is 8.44. The van der Waals surface area contributed by atoms with Gasteiger partial charge in [0.1, 0.15) is 0 Å².